The van der Waals surface area contributed by atoms with Crippen LogP contribution in [0.3, 0.4) is 0 Å². The van der Waals surface area contributed by atoms with Gasteiger partial charge in [-0.25, -0.2) is 4.68 Å². The number of benzene rings is 3. The molecule has 0 fully saturated rings. The van der Waals surface area contributed by atoms with Crippen LogP contribution in [0.4, 0.5) is 11.4 Å². The van der Waals surface area contributed by atoms with Gasteiger partial charge in [-0.1, -0.05) is 36.4 Å². The maximum Gasteiger partial charge on any atom is 0.295 e. The Labute approximate surface area is 209 Å². The van der Waals surface area contributed by atoms with Crippen molar-refractivity contribution in [2.75, 3.05) is 17.2 Å². The third-order valence-corrected chi connectivity index (χ3v) is 5.80. The van der Waals surface area contributed by atoms with Gasteiger partial charge >= 0.3 is 0 Å². The van der Waals surface area contributed by atoms with E-state index in [2.05, 4.69) is 10.6 Å². The summed E-state index contributed by atoms with van der Waals surface area (Å²) in [5.74, 6) is 0.106. The second-order valence-electron chi connectivity index (χ2n) is 8.27. The Kier molecular flexibility index (Phi) is 7.34. The normalized spacial score (nSPS) is 10.6. The molecule has 0 saturated heterocycles. The third kappa shape index (κ3) is 5.38. The van der Waals surface area contributed by atoms with Crippen LogP contribution >= 0.6 is 0 Å². The molecule has 0 aliphatic heterocycles. The Morgan fingerprint density at radius 2 is 1.64 bits per heavy atom. The Morgan fingerprint density at radius 3 is 2.33 bits per heavy atom. The van der Waals surface area contributed by atoms with E-state index >= 15 is 0 Å². The number of hydrogen-bond acceptors (Lipinski definition) is 4. The molecule has 2 amide bonds. The summed E-state index contributed by atoms with van der Waals surface area (Å²) in [4.78, 5) is 38.6. The van der Waals surface area contributed by atoms with Gasteiger partial charge in [0.1, 0.15) is 11.4 Å². The van der Waals surface area contributed by atoms with Crippen LogP contribution in [0.25, 0.3) is 5.69 Å². The summed E-state index contributed by atoms with van der Waals surface area (Å²) in [7, 11) is 1.76. The van der Waals surface area contributed by atoms with Crippen LogP contribution in [0.2, 0.25) is 0 Å². The topological polar surface area (TPSA) is 94.4 Å². The van der Waals surface area contributed by atoms with Crippen LogP contribution in [0, 0.1) is 6.92 Å². The lowest BCUT2D eigenvalue weighted by Crippen LogP contribution is -2.23. The molecular weight excluding hydrogens is 456 g/mol. The van der Waals surface area contributed by atoms with Crippen molar-refractivity contribution < 1.29 is 14.3 Å². The van der Waals surface area contributed by atoms with Crippen LogP contribution in [-0.2, 0) is 18.3 Å². The lowest BCUT2D eigenvalue weighted by atomic mass is 10.1. The number of carbonyl (C=O) groups excluding carboxylic acids is 2. The summed E-state index contributed by atoms with van der Waals surface area (Å²) < 4.78 is 8.63. The fraction of sp³-hybridized carbons (Fsp3) is 0.179. The standard InChI is InChI=1S/C28H28N4O4/c1-4-36-24-15-13-20(14-16-24)17-25(33)29-22-10-8-9-21(18-22)27(34)30-26-19(2)31(3)32(28(26)35)23-11-6-5-7-12-23/h5-16,18H,4,17H2,1-3H3,(H,29,33)(H,30,34). The van der Waals surface area contributed by atoms with E-state index in [1.54, 1.807) is 42.9 Å². The van der Waals surface area contributed by atoms with E-state index in [4.69, 9.17) is 4.74 Å². The van der Waals surface area contributed by atoms with Gasteiger partial charge in [-0.3, -0.25) is 19.1 Å². The van der Waals surface area contributed by atoms with E-state index in [1.807, 2.05) is 61.5 Å². The molecule has 0 spiro atoms. The van der Waals surface area contributed by atoms with Crippen LogP contribution in [-0.4, -0.2) is 27.8 Å². The SMILES string of the molecule is CCOc1ccc(CC(=O)Nc2cccc(C(=O)Nc3c(C)n(C)n(-c4ccccc4)c3=O)c2)cc1. The van der Waals surface area contributed by atoms with Gasteiger partial charge in [-0.15, -0.1) is 0 Å². The van der Waals surface area contributed by atoms with Crippen molar-refractivity contribution in [3.8, 4) is 11.4 Å². The molecule has 0 unspecified atom stereocenters. The smallest absolute Gasteiger partial charge is 0.295 e. The first kappa shape index (κ1) is 24.5. The van der Waals surface area contributed by atoms with Crippen molar-refractivity contribution in [2.24, 2.45) is 7.05 Å². The van der Waals surface area contributed by atoms with Crippen molar-refractivity contribution in [1.82, 2.24) is 9.36 Å². The molecular formula is C28H28N4O4. The van der Waals surface area contributed by atoms with Crippen molar-refractivity contribution in [1.29, 1.82) is 0 Å². The van der Waals surface area contributed by atoms with Gasteiger partial charge < -0.3 is 15.4 Å². The van der Waals surface area contributed by atoms with Crippen LogP contribution in [0.1, 0.15) is 28.5 Å². The Hall–Kier alpha value is -4.59. The summed E-state index contributed by atoms with van der Waals surface area (Å²) in [5.41, 5.74) is 2.86. The molecule has 0 radical (unpaired) electrons. The number of aromatic nitrogens is 2. The highest BCUT2D eigenvalue weighted by atomic mass is 16.5. The molecule has 36 heavy (non-hydrogen) atoms. The van der Waals surface area contributed by atoms with Gasteiger partial charge in [0.25, 0.3) is 11.5 Å². The van der Waals surface area contributed by atoms with Gasteiger partial charge in [0.15, 0.2) is 0 Å². The molecule has 0 bridgehead atoms. The van der Waals surface area contributed by atoms with Gasteiger partial charge in [0.2, 0.25) is 5.91 Å². The highest BCUT2D eigenvalue weighted by molar-refractivity contribution is 6.05. The molecule has 184 valence electrons. The number of carbonyl (C=O) groups is 2. The number of anilines is 2. The van der Waals surface area contributed by atoms with Gasteiger partial charge in [-0.05, 0) is 61.9 Å². The zero-order valence-corrected chi connectivity index (χ0v) is 20.4. The molecule has 4 aromatic rings. The Morgan fingerprint density at radius 1 is 0.917 bits per heavy atom. The summed E-state index contributed by atoms with van der Waals surface area (Å²) in [6.45, 7) is 4.27. The van der Waals surface area contributed by atoms with E-state index in [9.17, 15) is 14.4 Å². The zero-order chi connectivity index (χ0) is 25.7. The Bertz CT molecular complexity index is 1440. The van der Waals surface area contributed by atoms with Crippen LogP contribution in [0.15, 0.2) is 83.7 Å². The van der Waals surface area contributed by atoms with Gasteiger partial charge in [-0.2, -0.15) is 0 Å². The lowest BCUT2D eigenvalue weighted by molar-refractivity contribution is -0.115. The van der Waals surface area contributed by atoms with Crippen molar-refractivity contribution in [3.63, 3.8) is 0 Å². The molecule has 0 saturated carbocycles. The number of para-hydroxylation sites is 1. The second kappa shape index (κ2) is 10.8. The molecule has 2 N–H and O–H groups in total. The van der Waals surface area contributed by atoms with E-state index in [1.165, 1.54) is 4.68 Å². The second-order valence-corrected chi connectivity index (χ2v) is 8.27. The van der Waals surface area contributed by atoms with E-state index < -0.39 is 5.91 Å². The lowest BCUT2D eigenvalue weighted by Gasteiger charge is -2.09. The first-order chi connectivity index (χ1) is 17.4. The summed E-state index contributed by atoms with van der Waals surface area (Å²) in [5, 5.41) is 5.57. The first-order valence-electron chi connectivity index (χ1n) is 11.6. The number of nitrogens with zero attached hydrogens (tertiary/aromatic N) is 2. The maximum atomic E-state index is 13.1. The molecule has 4 rings (SSSR count). The minimum atomic E-state index is -0.441. The number of hydrogen-bond donors (Lipinski definition) is 2. The van der Waals surface area contributed by atoms with Crippen molar-refractivity contribution in [3.05, 3.63) is 106 Å². The van der Waals surface area contributed by atoms with Crippen molar-refractivity contribution >= 4 is 23.2 Å². The van der Waals surface area contributed by atoms with E-state index in [-0.39, 0.29) is 23.6 Å². The van der Waals surface area contributed by atoms with E-state index in [0.717, 1.165) is 11.3 Å². The molecule has 3 aromatic carbocycles. The predicted molar refractivity (Wildman–Crippen MR) is 140 cm³/mol. The largest absolute Gasteiger partial charge is 0.494 e. The average molecular weight is 485 g/mol. The predicted octanol–water partition coefficient (Wildman–Crippen LogP) is 4.32. The molecule has 0 aliphatic rings. The number of nitrogens with one attached hydrogen (secondary N) is 2. The quantitative estimate of drug-likeness (QED) is 0.390. The van der Waals surface area contributed by atoms with Crippen LogP contribution < -0.4 is 20.9 Å². The number of ether oxygens (including phenoxy) is 1. The fourth-order valence-electron chi connectivity index (χ4n) is 3.90. The average Bonchev–Trinajstić information content (AvgIpc) is 3.09. The summed E-state index contributed by atoms with van der Waals surface area (Å²) >= 11 is 0. The summed E-state index contributed by atoms with van der Waals surface area (Å²) in [6.07, 6.45) is 0.186. The highest BCUT2D eigenvalue weighted by Gasteiger charge is 2.19. The summed E-state index contributed by atoms with van der Waals surface area (Å²) in [6, 6.07) is 23.2. The minimum Gasteiger partial charge on any atom is -0.494 e. The van der Waals surface area contributed by atoms with Gasteiger partial charge in [0, 0.05) is 18.3 Å². The number of amides is 2. The molecule has 8 nitrogen and oxygen atoms in total. The monoisotopic (exact) mass is 484 g/mol. The molecule has 1 aromatic heterocycles. The molecule has 8 heteroatoms. The maximum absolute atomic E-state index is 13.1. The Balaban J connectivity index is 1.46. The van der Waals surface area contributed by atoms with Crippen LogP contribution in [0.5, 0.6) is 5.75 Å². The fourth-order valence-corrected chi connectivity index (χ4v) is 3.90. The van der Waals surface area contributed by atoms with Crippen molar-refractivity contribution in [2.45, 2.75) is 20.3 Å². The number of rotatable bonds is 8. The molecule has 0 atom stereocenters. The van der Waals surface area contributed by atoms with Gasteiger partial charge in [0.05, 0.1) is 24.4 Å². The third-order valence-electron chi connectivity index (χ3n) is 5.80. The zero-order valence-electron chi connectivity index (χ0n) is 20.4. The van der Waals surface area contributed by atoms with E-state index in [0.29, 0.717) is 29.2 Å². The minimum absolute atomic E-state index is 0.186. The highest BCUT2D eigenvalue weighted by Crippen LogP contribution is 2.18. The molecule has 1 heterocycles. The first-order valence-corrected chi connectivity index (χ1v) is 11.6. The molecule has 0 aliphatic carbocycles.